The number of para-hydroxylation sites is 1. The van der Waals surface area contributed by atoms with E-state index in [4.69, 9.17) is 0 Å². The minimum absolute atomic E-state index is 0.366. The van der Waals surface area contributed by atoms with Crippen molar-refractivity contribution in [3.8, 4) is 0 Å². The van der Waals surface area contributed by atoms with Gasteiger partial charge in [-0.1, -0.05) is 0 Å². The summed E-state index contributed by atoms with van der Waals surface area (Å²) in [6.07, 6.45) is 0. The molecule has 1 saturated heterocycles. The molecule has 0 bridgehead atoms. The molecule has 0 amide bonds. The number of nitrogens with zero attached hydrogens (tertiary/aromatic N) is 1. The van der Waals surface area contributed by atoms with E-state index in [2.05, 4.69) is 40.4 Å². The maximum absolute atomic E-state index is 2.48. The summed E-state index contributed by atoms with van der Waals surface area (Å²) in [7, 11) is 0. The number of hydrogen-bond donors (Lipinski definition) is 0. The first-order valence-electron chi connectivity index (χ1n) is 3.36. The molecule has 1 heterocycles. The zero-order valence-corrected chi connectivity index (χ0v) is 7.95. The minimum atomic E-state index is 0.366. The second-order valence-electron chi connectivity index (χ2n) is 2.32. The van der Waals surface area contributed by atoms with Crippen LogP contribution in [0.3, 0.4) is 0 Å². The summed E-state index contributed by atoms with van der Waals surface area (Å²) in [5.74, 6) is 0. The predicted octanol–water partition coefficient (Wildman–Crippen LogP) is -1.14. The number of benzene rings is 1. The average molecular weight is 246 g/mol. The van der Waals surface area contributed by atoms with Crippen molar-refractivity contribution < 1.29 is 21.5 Å². The molecule has 1 nitrogen and oxygen atoms in total. The van der Waals surface area contributed by atoms with Gasteiger partial charge in [-0.15, -0.1) is 0 Å². The van der Waals surface area contributed by atoms with Crippen molar-refractivity contribution in [1.82, 2.24) is 0 Å². The normalized spacial score (nSPS) is 23.7. The van der Waals surface area contributed by atoms with E-state index >= 15 is 0 Å². The Morgan fingerprint density at radius 2 is 1.90 bits per heavy atom. The fourth-order valence-electron chi connectivity index (χ4n) is 0.959. The second kappa shape index (κ2) is 2.42. The number of rotatable bonds is 1. The molecule has 0 saturated carbocycles. The summed E-state index contributed by atoms with van der Waals surface area (Å²) in [6.45, 7) is 2.29. The quantitative estimate of drug-likeness (QED) is 0.199. The van der Waals surface area contributed by atoms with Gasteiger partial charge in [-0.05, 0) is 0 Å². The van der Waals surface area contributed by atoms with E-state index in [1.54, 1.807) is 0 Å². The first-order valence-corrected chi connectivity index (χ1v) is 5.57. The van der Waals surface area contributed by atoms with Crippen LogP contribution in [-0.4, -0.2) is 4.05 Å². The van der Waals surface area contributed by atoms with Crippen LogP contribution >= 0.6 is 0 Å². The molecule has 1 aromatic rings. The SMILES string of the molecule is CC1[I-]N1c1ccccc1. The molecule has 1 atom stereocenters. The third kappa shape index (κ3) is 1.12. The summed E-state index contributed by atoms with van der Waals surface area (Å²) in [5, 5.41) is 0. The van der Waals surface area contributed by atoms with E-state index in [1.165, 1.54) is 5.69 Å². The Hall–Kier alpha value is -0.250. The molecule has 1 aliphatic heterocycles. The van der Waals surface area contributed by atoms with Gasteiger partial charge < -0.3 is 0 Å². The summed E-state index contributed by atoms with van der Waals surface area (Å²) < 4.78 is 3.36. The Kier molecular flexibility index (Phi) is 1.56. The van der Waals surface area contributed by atoms with Gasteiger partial charge in [-0.2, -0.15) is 0 Å². The van der Waals surface area contributed by atoms with E-state index in [0.29, 0.717) is 21.5 Å². The Morgan fingerprint density at radius 1 is 1.30 bits per heavy atom. The number of halogens is 1. The van der Waals surface area contributed by atoms with Crippen LogP contribution in [-0.2, 0) is 0 Å². The van der Waals surface area contributed by atoms with Crippen molar-refractivity contribution >= 4 is 5.69 Å². The average Bonchev–Trinajstić information content (AvgIpc) is 2.69. The summed E-state index contributed by atoms with van der Waals surface area (Å²) in [6, 6.07) is 10.6. The molecule has 0 aliphatic carbocycles. The Balaban J connectivity index is 2.20. The van der Waals surface area contributed by atoms with E-state index in [-0.39, 0.29) is 0 Å². The monoisotopic (exact) mass is 246 g/mol. The third-order valence-corrected chi connectivity index (χ3v) is 4.31. The van der Waals surface area contributed by atoms with Gasteiger partial charge in [-0.25, -0.2) is 0 Å². The van der Waals surface area contributed by atoms with Crippen LogP contribution < -0.4 is 24.6 Å². The van der Waals surface area contributed by atoms with E-state index in [0.717, 1.165) is 4.05 Å². The molecule has 0 radical (unpaired) electrons. The first-order chi connectivity index (χ1) is 4.88. The second-order valence-corrected chi connectivity index (χ2v) is 5.72. The van der Waals surface area contributed by atoms with Crippen LogP contribution in [0.25, 0.3) is 0 Å². The van der Waals surface area contributed by atoms with Gasteiger partial charge in [0, 0.05) is 0 Å². The molecule has 1 unspecified atom stereocenters. The van der Waals surface area contributed by atoms with Gasteiger partial charge in [0.25, 0.3) is 0 Å². The Bertz CT molecular complexity index is 222. The number of hydrogen-bond acceptors (Lipinski definition) is 1. The molecule has 2 heteroatoms. The molecule has 0 spiro atoms. The Labute approximate surface area is 71.7 Å². The molecular weight excluding hydrogens is 237 g/mol. The van der Waals surface area contributed by atoms with Crippen molar-refractivity contribution in [1.29, 1.82) is 0 Å². The zero-order chi connectivity index (χ0) is 6.97. The van der Waals surface area contributed by atoms with Crippen molar-refractivity contribution in [3.63, 3.8) is 0 Å². The number of anilines is 1. The van der Waals surface area contributed by atoms with Gasteiger partial charge in [0.05, 0.1) is 0 Å². The van der Waals surface area contributed by atoms with E-state index in [9.17, 15) is 0 Å². The van der Waals surface area contributed by atoms with Crippen LogP contribution in [0.15, 0.2) is 30.3 Å². The van der Waals surface area contributed by atoms with Gasteiger partial charge in [0.1, 0.15) is 0 Å². The molecule has 1 fully saturated rings. The summed E-state index contributed by atoms with van der Waals surface area (Å²) in [4.78, 5) is 0. The summed E-state index contributed by atoms with van der Waals surface area (Å²) in [5.41, 5.74) is 1.41. The molecular formula is C8H9IN-. The fourth-order valence-corrected chi connectivity index (χ4v) is 2.65. The molecule has 10 heavy (non-hydrogen) atoms. The molecule has 1 aliphatic rings. The van der Waals surface area contributed by atoms with Gasteiger partial charge in [0.15, 0.2) is 0 Å². The maximum atomic E-state index is 2.48. The van der Waals surface area contributed by atoms with Crippen LogP contribution in [0, 0.1) is 0 Å². The van der Waals surface area contributed by atoms with Crippen molar-refractivity contribution in [3.05, 3.63) is 30.3 Å². The topological polar surface area (TPSA) is 3.01 Å². The van der Waals surface area contributed by atoms with Crippen LogP contribution in [0.4, 0.5) is 5.69 Å². The van der Waals surface area contributed by atoms with Crippen LogP contribution in [0.2, 0.25) is 0 Å². The van der Waals surface area contributed by atoms with Gasteiger partial charge in [0.2, 0.25) is 0 Å². The van der Waals surface area contributed by atoms with Crippen molar-refractivity contribution in [2.75, 3.05) is 3.11 Å². The third-order valence-electron chi connectivity index (χ3n) is 1.52. The molecule has 54 valence electrons. The molecule has 1 aromatic carbocycles. The van der Waals surface area contributed by atoms with Gasteiger partial charge in [-0.3, -0.25) is 0 Å². The molecule has 0 aromatic heterocycles. The van der Waals surface area contributed by atoms with Crippen molar-refractivity contribution in [2.45, 2.75) is 11.0 Å². The first kappa shape index (κ1) is 6.46. The number of alkyl halides is 1. The van der Waals surface area contributed by atoms with E-state index < -0.39 is 0 Å². The van der Waals surface area contributed by atoms with Gasteiger partial charge >= 0.3 is 71.6 Å². The zero-order valence-electron chi connectivity index (χ0n) is 5.79. The standard InChI is InChI=1S/C8H9IN/c1-7-9-10(7)8-5-3-2-4-6-8/h2-7H,1H3/q-1. The summed E-state index contributed by atoms with van der Waals surface area (Å²) >= 11 is 0.366. The van der Waals surface area contributed by atoms with Crippen LogP contribution in [0.5, 0.6) is 0 Å². The van der Waals surface area contributed by atoms with Crippen LogP contribution in [0.1, 0.15) is 6.92 Å². The molecule has 0 N–H and O–H groups in total. The van der Waals surface area contributed by atoms with Crippen molar-refractivity contribution in [2.24, 2.45) is 0 Å². The Morgan fingerprint density at radius 3 is 2.40 bits per heavy atom. The fraction of sp³-hybridized carbons (Fsp3) is 0.250. The van der Waals surface area contributed by atoms with E-state index in [1.807, 2.05) is 0 Å². The molecule has 2 rings (SSSR count). The predicted molar refractivity (Wildman–Crippen MR) is 38.4 cm³/mol.